The molecule has 1 fully saturated rings. The van der Waals surface area contributed by atoms with E-state index < -0.39 is 0 Å². The van der Waals surface area contributed by atoms with E-state index in [0.29, 0.717) is 5.92 Å². The summed E-state index contributed by atoms with van der Waals surface area (Å²) >= 11 is 0. The molecule has 3 aromatic heterocycles. The van der Waals surface area contributed by atoms with Gasteiger partial charge in [0.1, 0.15) is 18.0 Å². The molecule has 0 bridgehead atoms. The summed E-state index contributed by atoms with van der Waals surface area (Å²) in [6.45, 7) is 3.13. The van der Waals surface area contributed by atoms with Crippen LogP contribution in [0.3, 0.4) is 0 Å². The van der Waals surface area contributed by atoms with Gasteiger partial charge in [-0.1, -0.05) is 0 Å². The Hall–Kier alpha value is -2.44. The average Bonchev–Trinajstić information content (AvgIpc) is 3.26. The van der Waals surface area contributed by atoms with Crippen molar-refractivity contribution in [2.45, 2.75) is 44.6 Å². The van der Waals surface area contributed by atoms with Crippen LogP contribution in [-0.4, -0.2) is 42.4 Å². The number of fused-ring (bicyclic) bond motifs is 2. The third-order valence-electron chi connectivity index (χ3n) is 5.63. The zero-order valence-electron chi connectivity index (χ0n) is 14.6. The minimum absolute atomic E-state index is 0.474. The van der Waals surface area contributed by atoms with Gasteiger partial charge >= 0.3 is 0 Å². The summed E-state index contributed by atoms with van der Waals surface area (Å²) in [4.78, 5) is 16.1. The van der Waals surface area contributed by atoms with E-state index in [9.17, 15) is 0 Å². The summed E-state index contributed by atoms with van der Waals surface area (Å²) in [6.07, 6.45) is 11.7. The van der Waals surface area contributed by atoms with Gasteiger partial charge in [-0.25, -0.2) is 15.0 Å². The predicted octanol–water partition coefficient (Wildman–Crippen LogP) is 2.28. The summed E-state index contributed by atoms with van der Waals surface area (Å²) in [5, 5.41) is 5.39. The zero-order valence-corrected chi connectivity index (χ0v) is 14.6. The average molecular weight is 337 g/mol. The molecule has 0 aromatic carbocycles. The first-order chi connectivity index (χ1) is 12.3. The molecule has 5 rings (SSSR count). The molecule has 1 atom stereocenters. The maximum absolute atomic E-state index is 4.80. The van der Waals surface area contributed by atoms with Crippen LogP contribution in [0.25, 0.3) is 11.0 Å². The second-order valence-corrected chi connectivity index (χ2v) is 7.20. The second-order valence-electron chi connectivity index (χ2n) is 7.20. The van der Waals surface area contributed by atoms with E-state index in [0.717, 1.165) is 36.5 Å². The Kier molecular flexibility index (Phi) is 3.46. The molecule has 0 spiro atoms. The van der Waals surface area contributed by atoms with Gasteiger partial charge in [-0.2, -0.15) is 5.10 Å². The van der Waals surface area contributed by atoms with E-state index in [1.165, 1.54) is 43.6 Å². The van der Waals surface area contributed by atoms with E-state index in [2.05, 4.69) is 30.7 Å². The van der Waals surface area contributed by atoms with Gasteiger partial charge in [0, 0.05) is 44.5 Å². The Balaban J connectivity index is 1.47. The van der Waals surface area contributed by atoms with Crippen LogP contribution in [0.15, 0.2) is 18.7 Å². The molecule has 0 N–H and O–H groups in total. The maximum Gasteiger partial charge on any atom is 0.163 e. The first kappa shape index (κ1) is 14.9. The van der Waals surface area contributed by atoms with Crippen LogP contribution in [0, 0.1) is 0 Å². The van der Waals surface area contributed by atoms with E-state index in [-0.39, 0.29) is 0 Å². The van der Waals surface area contributed by atoms with Crippen molar-refractivity contribution >= 4 is 16.9 Å². The molecular formula is C18H23N7. The van der Waals surface area contributed by atoms with Gasteiger partial charge in [-0.3, -0.25) is 4.68 Å². The van der Waals surface area contributed by atoms with Gasteiger partial charge in [0.2, 0.25) is 0 Å². The number of aromatic nitrogens is 6. The second kappa shape index (κ2) is 5.82. The van der Waals surface area contributed by atoms with Gasteiger partial charge in [-0.05, 0) is 32.1 Å². The molecule has 130 valence electrons. The van der Waals surface area contributed by atoms with Gasteiger partial charge in [0.15, 0.2) is 5.65 Å². The van der Waals surface area contributed by atoms with Crippen molar-refractivity contribution < 1.29 is 0 Å². The number of hydrogen-bond acceptors (Lipinski definition) is 5. The van der Waals surface area contributed by atoms with Crippen molar-refractivity contribution in [2.24, 2.45) is 7.05 Å². The Morgan fingerprint density at radius 2 is 2.00 bits per heavy atom. The molecular weight excluding hydrogens is 314 g/mol. The Morgan fingerprint density at radius 1 is 1.04 bits per heavy atom. The maximum atomic E-state index is 4.80. The van der Waals surface area contributed by atoms with Crippen LogP contribution in [-0.2, 0) is 20.0 Å². The highest BCUT2D eigenvalue weighted by Gasteiger charge is 2.28. The lowest BCUT2D eigenvalue weighted by Gasteiger charge is -2.34. The van der Waals surface area contributed by atoms with Gasteiger partial charge in [0.05, 0.1) is 11.6 Å². The van der Waals surface area contributed by atoms with Crippen LogP contribution >= 0.6 is 0 Å². The molecule has 7 heteroatoms. The first-order valence-corrected chi connectivity index (χ1v) is 9.23. The zero-order chi connectivity index (χ0) is 16.8. The largest absolute Gasteiger partial charge is 0.355 e. The normalized spacial score (nSPS) is 20.8. The quantitative estimate of drug-likeness (QED) is 0.718. The fourth-order valence-corrected chi connectivity index (χ4v) is 4.37. The monoisotopic (exact) mass is 337 g/mol. The molecule has 0 radical (unpaired) electrons. The molecule has 0 aliphatic carbocycles. The van der Waals surface area contributed by atoms with Crippen LogP contribution < -0.4 is 4.90 Å². The molecule has 1 saturated heterocycles. The van der Waals surface area contributed by atoms with Crippen molar-refractivity contribution in [2.75, 3.05) is 18.0 Å². The third kappa shape index (κ3) is 2.41. The first-order valence-electron chi connectivity index (χ1n) is 9.23. The van der Waals surface area contributed by atoms with E-state index >= 15 is 0 Å². The van der Waals surface area contributed by atoms with Crippen LogP contribution in [0.1, 0.15) is 43.1 Å². The molecule has 0 saturated carbocycles. The lowest BCUT2D eigenvalue weighted by atomic mass is 9.96. The van der Waals surface area contributed by atoms with Crippen LogP contribution in [0.4, 0.5) is 5.82 Å². The minimum Gasteiger partial charge on any atom is -0.355 e. The molecule has 2 aliphatic rings. The highest BCUT2D eigenvalue weighted by Crippen LogP contribution is 2.32. The summed E-state index contributed by atoms with van der Waals surface area (Å²) in [6, 6.07) is 0. The minimum atomic E-state index is 0.474. The molecule has 7 nitrogen and oxygen atoms in total. The highest BCUT2D eigenvalue weighted by atomic mass is 15.3. The number of aryl methyl sites for hydroxylation is 2. The van der Waals surface area contributed by atoms with Crippen molar-refractivity contribution in [3.05, 3.63) is 30.2 Å². The summed E-state index contributed by atoms with van der Waals surface area (Å²) < 4.78 is 4.28. The van der Waals surface area contributed by atoms with Gasteiger partial charge < -0.3 is 9.47 Å². The third-order valence-corrected chi connectivity index (χ3v) is 5.63. The van der Waals surface area contributed by atoms with Crippen molar-refractivity contribution in [3.63, 3.8) is 0 Å². The Labute approximate surface area is 146 Å². The van der Waals surface area contributed by atoms with Gasteiger partial charge in [0.25, 0.3) is 0 Å². The number of rotatable bonds is 2. The summed E-state index contributed by atoms with van der Waals surface area (Å²) in [5.74, 6) is 2.76. The van der Waals surface area contributed by atoms with E-state index in [1.807, 2.05) is 17.9 Å². The smallest absolute Gasteiger partial charge is 0.163 e. The summed E-state index contributed by atoms with van der Waals surface area (Å²) in [7, 11) is 1.93. The van der Waals surface area contributed by atoms with Crippen molar-refractivity contribution in [1.29, 1.82) is 0 Å². The number of nitrogens with zero attached hydrogens (tertiary/aromatic N) is 7. The molecule has 3 aromatic rings. The number of piperidine rings is 1. The fourth-order valence-electron chi connectivity index (χ4n) is 4.37. The molecule has 25 heavy (non-hydrogen) atoms. The SMILES string of the molecule is Cn1ncc2c(N3CCCC(c4ncc5n4CCCC5)C3)ncnc21. The standard InChI is InChI=1S/C18H23N7/c1-23-17-15(10-22-23)18(21-12-20-17)24-7-4-5-13(11-24)16-19-9-14-6-2-3-8-25(14)16/h9-10,12-13H,2-8,11H2,1H3. The van der Waals surface area contributed by atoms with Crippen molar-refractivity contribution in [3.8, 4) is 0 Å². The molecule has 5 heterocycles. The van der Waals surface area contributed by atoms with Crippen molar-refractivity contribution in [1.82, 2.24) is 29.3 Å². The molecule has 2 aliphatic heterocycles. The Bertz CT molecular complexity index is 909. The highest BCUT2D eigenvalue weighted by molar-refractivity contribution is 5.86. The van der Waals surface area contributed by atoms with Crippen LogP contribution in [0.2, 0.25) is 0 Å². The van der Waals surface area contributed by atoms with Gasteiger partial charge in [-0.15, -0.1) is 0 Å². The molecule has 1 unspecified atom stereocenters. The molecule has 0 amide bonds. The summed E-state index contributed by atoms with van der Waals surface area (Å²) in [5.41, 5.74) is 2.31. The topological polar surface area (TPSA) is 64.7 Å². The number of imidazole rings is 1. The lowest BCUT2D eigenvalue weighted by molar-refractivity contribution is 0.445. The number of hydrogen-bond donors (Lipinski definition) is 0. The Morgan fingerprint density at radius 3 is 2.96 bits per heavy atom. The van der Waals surface area contributed by atoms with Crippen LogP contribution in [0.5, 0.6) is 0 Å². The predicted molar refractivity (Wildman–Crippen MR) is 95.7 cm³/mol. The number of anilines is 1. The fraction of sp³-hybridized carbons (Fsp3) is 0.556. The van der Waals surface area contributed by atoms with E-state index in [4.69, 9.17) is 4.98 Å². The lowest BCUT2D eigenvalue weighted by Crippen LogP contribution is -2.36. The van der Waals surface area contributed by atoms with E-state index in [1.54, 1.807) is 6.33 Å².